The van der Waals surface area contributed by atoms with Crippen molar-refractivity contribution in [3.05, 3.63) is 46.9 Å². The lowest BCUT2D eigenvalue weighted by Gasteiger charge is -2.10. The maximum Gasteiger partial charge on any atom is 0.254 e. The molecule has 1 heterocycles. The van der Waals surface area contributed by atoms with Crippen LogP contribution < -0.4 is 16.0 Å². The van der Waals surface area contributed by atoms with Gasteiger partial charge in [0.1, 0.15) is 5.82 Å². The lowest BCUT2D eigenvalue weighted by Crippen LogP contribution is -2.30. The number of hydrogen-bond donors (Lipinski definition) is 3. The minimum absolute atomic E-state index is 0.136. The Balaban J connectivity index is 1.89. The maximum absolute atomic E-state index is 13.5. The number of nitrogens with one attached hydrogen (secondary N) is 3. The second-order valence-electron chi connectivity index (χ2n) is 5.15. The molecule has 1 aromatic heterocycles. The number of benzene rings is 1. The zero-order chi connectivity index (χ0) is 18.4. The van der Waals surface area contributed by atoms with E-state index in [2.05, 4.69) is 25.9 Å². The van der Waals surface area contributed by atoms with Gasteiger partial charge in [-0.1, -0.05) is 0 Å². The SMILES string of the molecule is CCNc1nc(C)cc(NCCNC(=O)c2ccc(F)c(F)c2F)n1. The van der Waals surface area contributed by atoms with E-state index in [4.69, 9.17) is 0 Å². The monoisotopic (exact) mass is 353 g/mol. The largest absolute Gasteiger partial charge is 0.368 e. The molecule has 0 spiro atoms. The van der Waals surface area contributed by atoms with Crippen molar-refractivity contribution in [3.8, 4) is 0 Å². The number of carbonyl (C=O) groups excluding carboxylic acids is 1. The predicted octanol–water partition coefficient (Wildman–Crippen LogP) is 2.48. The highest BCUT2D eigenvalue weighted by Gasteiger charge is 2.18. The fraction of sp³-hybridized carbons (Fsp3) is 0.312. The first-order valence-electron chi connectivity index (χ1n) is 7.67. The van der Waals surface area contributed by atoms with Crippen LogP contribution in [-0.4, -0.2) is 35.5 Å². The second-order valence-corrected chi connectivity index (χ2v) is 5.15. The van der Waals surface area contributed by atoms with Gasteiger partial charge in [0, 0.05) is 31.4 Å². The summed E-state index contributed by atoms with van der Waals surface area (Å²) in [6, 6.07) is 3.34. The fourth-order valence-electron chi connectivity index (χ4n) is 2.06. The van der Waals surface area contributed by atoms with Crippen LogP contribution >= 0.6 is 0 Å². The molecular formula is C16H18F3N5O. The van der Waals surface area contributed by atoms with Gasteiger partial charge in [-0.25, -0.2) is 18.2 Å². The number of anilines is 2. The summed E-state index contributed by atoms with van der Waals surface area (Å²) < 4.78 is 39.5. The number of aryl methyl sites for hydroxylation is 1. The summed E-state index contributed by atoms with van der Waals surface area (Å²) in [6.45, 7) is 4.86. The molecular weight excluding hydrogens is 335 g/mol. The number of carbonyl (C=O) groups is 1. The van der Waals surface area contributed by atoms with Gasteiger partial charge in [-0.15, -0.1) is 0 Å². The van der Waals surface area contributed by atoms with E-state index in [1.807, 2.05) is 13.8 Å². The van der Waals surface area contributed by atoms with Crippen molar-refractivity contribution in [1.82, 2.24) is 15.3 Å². The Morgan fingerprint density at radius 1 is 1.08 bits per heavy atom. The molecule has 0 aliphatic heterocycles. The van der Waals surface area contributed by atoms with Crippen LogP contribution in [0.3, 0.4) is 0 Å². The first kappa shape index (κ1) is 18.5. The number of nitrogens with zero attached hydrogens (tertiary/aromatic N) is 2. The number of hydrogen-bond acceptors (Lipinski definition) is 5. The molecule has 0 fully saturated rings. The Morgan fingerprint density at radius 2 is 1.84 bits per heavy atom. The third kappa shape index (κ3) is 4.82. The van der Waals surface area contributed by atoms with Crippen LogP contribution in [0.4, 0.5) is 24.9 Å². The molecule has 25 heavy (non-hydrogen) atoms. The topological polar surface area (TPSA) is 78.9 Å². The standard InChI is InChI=1S/C16H18F3N5O/c1-3-20-16-23-9(2)8-12(24-16)21-6-7-22-15(25)10-4-5-11(17)14(19)13(10)18/h4-5,8H,3,6-7H2,1-2H3,(H,22,25)(H2,20,21,23,24). The van der Waals surface area contributed by atoms with Crippen LogP contribution in [0.25, 0.3) is 0 Å². The number of halogens is 3. The van der Waals surface area contributed by atoms with Crippen LogP contribution in [0.15, 0.2) is 18.2 Å². The molecule has 2 rings (SSSR count). The van der Waals surface area contributed by atoms with Gasteiger partial charge in [0.15, 0.2) is 17.5 Å². The molecule has 0 unspecified atom stereocenters. The van der Waals surface area contributed by atoms with E-state index in [1.165, 1.54) is 0 Å². The molecule has 9 heteroatoms. The lowest BCUT2D eigenvalue weighted by molar-refractivity contribution is 0.0950. The van der Waals surface area contributed by atoms with Crippen molar-refractivity contribution in [2.45, 2.75) is 13.8 Å². The molecule has 0 atom stereocenters. The van der Waals surface area contributed by atoms with Crippen LogP contribution in [0.5, 0.6) is 0 Å². The van der Waals surface area contributed by atoms with E-state index in [1.54, 1.807) is 6.07 Å². The normalized spacial score (nSPS) is 10.4. The molecule has 0 aliphatic carbocycles. The van der Waals surface area contributed by atoms with Gasteiger partial charge >= 0.3 is 0 Å². The molecule has 1 aromatic carbocycles. The van der Waals surface area contributed by atoms with Gasteiger partial charge < -0.3 is 16.0 Å². The number of aromatic nitrogens is 2. The van der Waals surface area contributed by atoms with Crippen molar-refractivity contribution < 1.29 is 18.0 Å². The molecule has 2 aromatic rings. The lowest BCUT2D eigenvalue weighted by atomic mass is 10.2. The van der Waals surface area contributed by atoms with E-state index >= 15 is 0 Å². The molecule has 0 saturated heterocycles. The average Bonchev–Trinajstić information content (AvgIpc) is 2.56. The molecule has 0 saturated carbocycles. The third-order valence-corrected chi connectivity index (χ3v) is 3.19. The van der Waals surface area contributed by atoms with E-state index in [-0.39, 0.29) is 6.54 Å². The zero-order valence-corrected chi connectivity index (χ0v) is 13.8. The fourth-order valence-corrected chi connectivity index (χ4v) is 2.06. The molecule has 0 radical (unpaired) electrons. The maximum atomic E-state index is 13.5. The Labute approximate surface area is 142 Å². The van der Waals surface area contributed by atoms with E-state index in [0.29, 0.717) is 30.9 Å². The summed E-state index contributed by atoms with van der Waals surface area (Å²) in [5.74, 6) is -4.29. The van der Waals surface area contributed by atoms with Crippen molar-refractivity contribution in [3.63, 3.8) is 0 Å². The molecule has 6 nitrogen and oxygen atoms in total. The summed E-state index contributed by atoms with van der Waals surface area (Å²) in [4.78, 5) is 20.3. The van der Waals surface area contributed by atoms with E-state index in [0.717, 1.165) is 11.8 Å². The van der Waals surface area contributed by atoms with Crippen LogP contribution in [0.1, 0.15) is 23.0 Å². The van der Waals surface area contributed by atoms with Gasteiger partial charge in [0.05, 0.1) is 5.56 Å². The van der Waals surface area contributed by atoms with Crippen molar-refractivity contribution in [2.24, 2.45) is 0 Å². The predicted molar refractivity (Wildman–Crippen MR) is 88.1 cm³/mol. The highest BCUT2D eigenvalue weighted by atomic mass is 19.2. The van der Waals surface area contributed by atoms with Crippen LogP contribution in [-0.2, 0) is 0 Å². The first-order chi connectivity index (χ1) is 11.9. The van der Waals surface area contributed by atoms with Gasteiger partial charge in [-0.3, -0.25) is 4.79 Å². The summed E-state index contributed by atoms with van der Waals surface area (Å²) in [7, 11) is 0. The third-order valence-electron chi connectivity index (χ3n) is 3.19. The van der Waals surface area contributed by atoms with E-state index in [9.17, 15) is 18.0 Å². The minimum Gasteiger partial charge on any atom is -0.368 e. The minimum atomic E-state index is -1.67. The molecule has 134 valence electrons. The van der Waals surface area contributed by atoms with Crippen molar-refractivity contribution >= 4 is 17.7 Å². The van der Waals surface area contributed by atoms with Crippen molar-refractivity contribution in [2.75, 3.05) is 30.3 Å². The summed E-state index contributed by atoms with van der Waals surface area (Å²) in [5.41, 5.74) is 0.215. The Morgan fingerprint density at radius 3 is 2.56 bits per heavy atom. The average molecular weight is 353 g/mol. The van der Waals surface area contributed by atoms with Crippen LogP contribution in [0.2, 0.25) is 0 Å². The highest BCUT2D eigenvalue weighted by molar-refractivity contribution is 5.94. The Bertz CT molecular complexity index is 770. The van der Waals surface area contributed by atoms with Crippen LogP contribution in [0, 0.1) is 24.4 Å². The zero-order valence-electron chi connectivity index (χ0n) is 13.8. The molecule has 3 N–H and O–H groups in total. The Hall–Kier alpha value is -2.84. The molecule has 0 bridgehead atoms. The van der Waals surface area contributed by atoms with E-state index < -0.39 is 28.9 Å². The molecule has 0 aliphatic rings. The van der Waals surface area contributed by atoms with Crippen molar-refractivity contribution in [1.29, 1.82) is 0 Å². The highest BCUT2D eigenvalue weighted by Crippen LogP contribution is 2.15. The summed E-state index contributed by atoms with van der Waals surface area (Å²) >= 11 is 0. The number of rotatable bonds is 7. The van der Waals surface area contributed by atoms with Gasteiger partial charge in [0.2, 0.25) is 5.95 Å². The second kappa shape index (κ2) is 8.32. The first-order valence-corrected chi connectivity index (χ1v) is 7.67. The summed E-state index contributed by atoms with van der Waals surface area (Å²) in [6.07, 6.45) is 0. The smallest absolute Gasteiger partial charge is 0.254 e. The Kier molecular flexibility index (Phi) is 6.15. The quantitative estimate of drug-likeness (QED) is 0.526. The molecule has 1 amide bonds. The van der Waals surface area contributed by atoms with Gasteiger partial charge in [-0.2, -0.15) is 4.98 Å². The van der Waals surface area contributed by atoms with Gasteiger partial charge in [0.25, 0.3) is 5.91 Å². The van der Waals surface area contributed by atoms with Gasteiger partial charge in [-0.05, 0) is 26.0 Å². The number of amides is 1. The summed E-state index contributed by atoms with van der Waals surface area (Å²) in [5, 5.41) is 8.41.